The van der Waals surface area contributed by atoms with Crippen LogP contribution in [0.1, 0.15) is 32.1 Å². The van der Waals surface area contributed by atoms with Gasteiger partial charge in [0, 0.05) is 11.7 Å². The number of aliphatic hydroxyl groups is 1. The van der Waals surface area contributed by atoms with Crippen LogP contribution in [0.25, 0.3) is 0 Å². The van der Waals surface area contributed by atoms with Gasteiger partial charge >= 0.3 is 5.97 Å². The quantitative estimate of drug-likeness (QED) is 0.249. The van der Waals surface area contributed by atoms with E-state index in [1.807, 2.05) is 6.08 Å². The Morgan fingerprint density at radius 3 is 2.51 bits per heavy atom. The predicted molar refractivity (Wildman–Crippen MR) is 121 cm³/mol. The Bertz CT molecular complexity index is 1040. The van der Waals surface area contributed by atoms with Gasteiger partial charge in [-0.25, -0.2) is 0 Å². The second-order valence-electron chi connectivity index (χ2n) is 8.67. The smallest absolute Gasteiger partial charge is 0.310 e. The number of nitrogens with zero attached hydrogens (tertiary/aromatic N) is 2. The molecule has 0 saturated carbocycles. The molecule has 11 heteroatoms. The van der Waals surface area contributed by atoms with Crippen molar-refractivity contribution in [3.8, 4) is 5.75 Å². The van der Waals surface area contributed by atoms with E-state index >= 15 is 0 Å². The van der Waals surface area contributed by atoms with E-state index in [1.54, 1.807) is 30.3 Å². The van der Waals surface area contributed by atoms with E-state index < -0.39 is 48.1 Å². The normalized spacial score (nSPS) is 28.9. The van der Waals surface area contributed by atoms with Crippen molar-refractivity contribution in [2.75, 3.05) is 12.0 Å². The number of esters is 1. The number of carbonyl (C=O) groups is 5. The summed E-state index contributed by atoms with van der Waals surface area (Å²) in [5, 5.41) is 12.5. The molecule has 0 radical (unpaired) electrons. The summed E-state index contributed by atoms with van der Waals surface area (Å²) in [4.78, 5) is 65.2. The molecule has 2 unspecified atom stereocenters. The van der Waals surface area contributed by atoms with Gasteiger partial charge in [-0.1, -0.05) is 12.2 Å². The van der Waals surface area contributed by atoms with Gasteiger partial charge < -0.3 is 24.8 Å². The average molecular weight is 485 g/mol. The molecule has 3 heterocycles. The highest BCUT2D eigenvalue weighted by Gasteiger charge is 2.46. The van der Waals surface area contributed by atoms with Crippen LogP contribution in [0.3, 0.4) is 0 Å². The number of ether oxygens (including phenoxy) is 2. The van der Waals surface area contributed by atoms with Crippen molar-refractivity contribution in [3.63, 3.8) is 0 Å². The predicted octanol–water partition coefficient (Wildman–Crippen LogP) is 0.0554. The van der Waals surface area contributed by atoms with Crippen LogP contribution in [0.15, 0.2) is 36.4 Å². The molecule has 2 fully saturated rings. The minimum atomic E-state index is -1.45. The van der Waals surface area contributed by atoms with E-state index in [0.29, 0.717) is 30.7 Å². The SMILES string of the molecule is COc1ccc(N(C(=O)C=O)[C@H]2C/C=C\C[C@@H]3CC[C@@H](C(=O)NC4CC(=O)OC4O)N3C2=O)cc1. The van der Waals surface area contributed by atoms with Crippen molar-refractivity contribution in [2.24, 2.45) is 0 Å². The highest BCUT2D eigenvalue weighted by atomic mass is 16.6. The average Bonchev–Trinajstić information content (AvgIpc) is 3.41. The van der Waals surface area contributed by atoms with Crippen LogP contribution < -0.4 is 15.0 Å². The first-order valence-electron chi connectivity index (χ1n) is 11.4. The first-order chi connectivity index (χ1) is 16.8. The Balaban J connectivity index is 1.62. The maximum Gasteiger partial charge on any atom is 0.310 e. The Morgan fingerprint density at radius 2 is 1.89 bits per heavy atom. The monoisotopic (exact) mass is 485 g/mol. The number of amides is 3. The molecule has 0 aliphatic carbocycles. The summed E-state index contributed by atoms with van der Waals surface area (Å²) >= 11 is 0. The molecular weight excluding hydrogens is 458 g/mol. The number of aliphatic hydroxyl groups excluding tert-OH is 1. The van der Waals surface area contributed by atoms with E-state index in [2.05, 4.69) is 10.1 Å². The molecule has 4 rings (SSSR count). The van der Waals surface area contributed by atoms with Crippen molar-refractivity contribution < 1.29 is 38.6 Å². The van der Waals surface area contributed by atoms with E-state index in [4.69, 9.17) is 4.74 Å². The number of aldehydes is 1. The van der Waals surface area contributed by atoms with Crippen molar-refractivity contribution in [2.45, 2.75) is 62.6 Å². The second-order valence-corrected chi connectivity index (χ2v) is 8.67. The van der Waals surface area contributed by atoms with Crippen LogP contribution >= 0.6 is 0 Å². The van der Waals surface area contributed by atoms with Crippen molar-refractivity contribution >= 4 is 35.7 Å². The second kappa shape index (κ2) is 10.3. The van der Waals surface area contributed by atoms with Gasteiger partial charge in [0.2, 0.25) is 24.4 Å². The van der Waals surface area contributed by atoms with Crippen LogP contribution in [-0.4, -0.2) is 77.6 Å². The molecule has 2 N–H and O–H groups in total. The van der Waals surface area contributed by atoms with Crippen molar-refractivity contribution in [1.29, 1.82) is 0 Å². The molecule has 2 saturated heterocycles. The number of anilines is 1. The minimum Gasteiger partial charge on any atom is -0.497 e. The third kappa shape index (κ3) is 4.90. The lowest BCUT2D eigenvalue weighted by Gasteiger charge is -2.37. The Kier molecular flexibility index (Phi) is 7.15. The van der Waals surface area contributed by atoms with Crippen LogP contribution in [0.4, 0.5) is 5.69 Å². The van der Waals surface area contributed by atoms with Gasteiger partial charge in [-0.2, -0.15) is 0 Å². The number of hydrogen-bond acceptors (Lipinski definition) is 8. The molecule has 186 valence electrons. The Hall–Kier alpha value is -3.73. The lowest BCUT2D eigenvalue weighted by atomic mass is 10.0. The van der Waals surface area contributed by atoms with Gasteiger partial charge in [-0.15, -0.1) is 0 Å². The first-order valence-corrected chi connectivity index (χ1v) is 11.4. The van der Waals surface area contributed by atoms with E-state index in [-0.39, 0.29) is 25.2 Å². The van der Waals surface area contributed by atoms with Crippen LogP contribution in [-0.2, 0) is 28.7 Å². The Morgan fingerprint density at radius 1 is 1.17 bits per heavy atom. The highest BCUT2D eigenvalue weighted by Crippen LogP contribution is 2.32. The molecule has 0 spiro atoms. The number of fused-ring (bicyclic) bond motifs is 1. The summed E-state index contributed by atoms with van der Waals surface area (Å²) in [6, 6.07) is 3.34. The summed E-state index contributed by atoms with van der Waals surface area (Å²) in [6.45, 7) is 0. The van der Waals surface area contributed by atoms with Gasteiger partial charge in [0.1, 0.15) is 23.9 Å². The van der Waals surface area contributed by atoms with Gasteiger partial charge in [-0.05, 0) is 49.9 Å². The van der Waals surface area contributed by atoms with Gasteiger partial charge in [0.25, 0.3) is 5.91 Å². The number of carbonyl (C=O) groups excluding carboxylic acids is 5. The summed E-state index contributed by atoms with van der Waals surface area (Å²) in [5.74, 6) is -1.93. The molecular formula is C24H27N3O8. The van der Waals surface area contributed by atoms with E-state index in [0.717, 1.165) is 4.90 Å². The number of cyclic esters (lactones) is 1. The maximum atomic E-state index is 13.9. The van der Waals surface area contributed by atoms with Gasteiger partial charge in [0.15, 0.2) is 0 Å². The number of hydrogen-bond donors (Lipinski definition) is 2. The summed E-state index contributed by atoms with van der Waals surface area (Å²) in [5.41, 5.74) is 0.344. The molecule has 3 aliphatic rings. The fourth-order valence-corrected chi connectivity index (χ4v) is 4.88. The van der Waals surface area contributed by atoms with Crippen LogP contribution in [0.5, 0.6) is 5.75 Å². The van der Waals surface area contributed by atoms with E-state index in [1.165, 1.54) is 12.0 Å². The molecule has 11 nitrogen and oxygen atoms in total. The van der Waals surface area contributed by atoms with Crippen molar-refractivity contribution in [1.82, 2.24) is 10.2 Å². The van der Waals surface area contributed by atoms with Crippen LogP contribution in [0.2, 0.25) is 0 Å². The lowest BCUT2D eigenvalue weighted by molar-refractivity contribution is -0.155. The zero-order valence-corrected chi connectivity index (χ0v) is 19.2. The third-order valence-corrected chi connectivity index (χ3v) is 6.59. The summed E-state index contributed by atoms with van der Waals surface area (Å²) in [6.07, 6.45) is 3.90. The number of methoxy groups -OCH3 is 1. The number of nitrogens with one attached hydrogen (secondary N) is 1. The standard InChI is InChI=1S/C24H27N3O8/c1-34-16-9-6-15(7-10-16)26(20(29)13-28)19-5-3-2-4-14-8-11-18(27(14)23(19)32)22(31)25-17-12-21(30)35-24(17)33/h2-3,6-7,9-10,13-14,17-19,24,33H,4-5,8,11-12H2,1H3,(H,25,31)/b3-2-/t14-,17?,18+,19+,24?/m1/s1. The fraction of sp³-hybridized carbons (Fsp3) is 0.458. The number of benzene rings is 1. The van der Waals surface area contributed by atoms with Gasteiger partial charge in [0.05, 0.1) is 13.5 Å². The molecule has 35 heavy (non-hydrogen) atoms. The van der Waals surface area contributed by atoms with Gasteiger partial charge in [-0.3, -0.25) is 28.9 Å². The summed E-state index contributed by atoms with van der Waals surface area (Å²) in [7, 11) is 1.50. The largest absolute Gasteiger partial charge is 0.497 e. The van der Waals surface area contributed by atoms with Crippen LogP contribution in [0, 0.1) is 0 Å². The zero-order valence-electron chi connectivity index (χ0n) is 19.2. The number of rotatable bonds is 6. The fourth-order valence-electron chi connectivity index (χ4n) is 4.88. The molecule has 0 aromatic heterocycles. The topological polar surface area (TPSA) is 143 Å². The zero-order chi connectivity index (χ0) is 25.1. The molecule has 3 aliphatic heterocycles. The molecule has 0 bridgehead atoms. The maximum absolute atomic E-state index is 13.9. The van der Waals surface area contributed by atoms with Crippen molar-refractivity contribution in [3.05, 3.63) is 36.4 Å². The molecule has 3 amide bonds. The minimum absolute atomic E-state index is 0.157. The molecule has 1 aromatic carbocycles. The van der Waals surface area contributed by atoms with E-state index in [9.17, 15) is 29.1 Å². The summed E-state index contributed by atoms with van der Waals surface area (Å²) < 4.78 is 9.83. The lowest BCUT2D eigenvalue weighted by Crippen LogP contribution is -2.58. The Labute approximate surface area is 201 Å². The molecule has 1 aromatic rings. The first kappa shape index (κ1) is 24.4. The third-order valence-electron chi connectivity index (χ3n) is 6.59. The highest BCUT2D eigenvalue weighted by molar-refractivity contribution is 6.31. The molecule has 5 atom stereocenters.